The van der Waals surface area contributed by atoms with E-state index in [1.165, 1.54) is 0 Å². The van der Waals surface area contributed by atoms with Gasteiger partial charge in [0.1, 0.15) is 5.75 Å². The predicted molar refractivity (Wildman–Crippen MR) is 164 cm³/mol. The summed E-state index contributed by atoms with van der Waals surface area (Å²) < 4.78 is 11.1. The number of benzene rings is 1. The molecule has 2 atom stereocenters. The molecule has 0 bridgehead atoms. The maximum absolute atomic E-state index is 13.8. The van der Waals surface area contributed by atoms with Crippen molar-refractivity contribution in [2.75, 3.05) is 59.6 Å². The second-order valence-electron chi connectivity index (χ2n) is 12.8. The van der Waals surface area contributed by atoms with Crippen LogP contribution in [0.1, 0.15) is 75.2 Å². The first-order valence-corrected chi connectivity index (χ1v) is 16.0. The van der Waals surface area contributed by atoms with Crippen LogP contribution in [0.25, 0.3) is 0 Å². The molecule has 2 saturated heterocycles. The van der Waals surface area contributed by atoms with Gasteiger partial charge in [0, 0.05) is 90.4 Å². The van der Waals surface area contributed by atoms with Crippen LogP contribution in [0.15, 0.2) is 18.2 Å². The van der Waals surface area contributed by atoms with E-state index in [0.29, 0.717) is 49.6 Å². The Morgan fingerprint density at radius 3 is 2.33 bits per heavy atom. The van der Waals surface area contributed by atoms with Gasteiger partial charge in [-0.1, -0.05) is 6.07 Å². The van der Waals surface area contributed by atoms with Crippen molar-refractivity contribution < 1.29 is 23.9 Å². The number of ether oxygens (including phenoxy) is 2. The highest BCUT2D eigenvalue weighted by atomic mass is 16.5. The second kappa shape index (κ2) is 15.2. The summed E-state index contributed by atoms with van der Waals surface area (Å²) in [4.78, 5) is 45.1. The average molecular weight is 585 g/mol. The molecule has 1 N–H and O–H groups in total. The number of nitrogens with one attached hydrogen (secondary N) is 1. The Kier molecular flexibility index (Phi) is 11.7. The van der Waals surface area contributed by atoms with Crippen LogP contribution in [0.5, 0.6) is 5.75 Å². The van der Waals surface area contributed by atoms with Gasteiger partial charge in [0.15, 0.2) is 0 Å². The minimum atomic E-state index is 0.0180. The molecule has 234 valence electrons. The third-order valence-corrected chi connectivity index (χ3v) is 9.24. The number of likely N-dealkylation sites (tertiary alicyclic amines) is 1. The molecule has 1 aromatic rings. The van der Waals surface area contributed by atoms with Gasteiger partial charge in [0.2, 0.25) is 11.8 Å². The number of carbonyl (C=O) groups is 3. The minimum Gasteiger partial charge on any atom is -0.493 e. The number of nitrogens with zero attached hydrogens (tertiary/aromatic N) is 3. The Morgan fingerprint density at radius 1 is 1.02 bits per heavy atom. The van der Waals surface area contributed by atoms with E-state index in [-0.39, 0.29) is 29.7 Å². The summed E-state index contributed by atoms with van der Waals surface area (Å²) in [6.45, 7) is 13.6. The zero-order chi connectivity index (χ0) is 30.2. The maximum atomic E-state index is 13.8. The number of hydrogen-bond donors (Lipinski definition) is 1. The van der Waals surface area contributed by atoms with Crippen molar-refractivity contribution in [1.29, 1.82) is 0 Å². The summed E-state index contributed by atoms with van der Waals surface area (Å²) in [6, 6.07) is 6.13. The summed E-state index contributed by atoms with van der Waals surface area (Å²) in [7, 11) is 1.68. The van der Waals surface area contributed by atoms with Crippen molar-refractivity contribution in [3.05, 3.63) is 29.3 Å². The SMILES string of the molecule is COCCCOc1cc(C(=O)N(C[C@@H]2CNC[C@H]2CN(C(=O)CC2CCN(C(C)=O)CC2)C2CC2)C(C)C)ccc1C. The van der Waals surface area contributed by atoms with Crippen molar-refractivity contribution in [3.63, 3.8) is 0 Å². The highest BCUT2D eigenvalue weighted by Crippen LogP contribution is 2.32. The van der Waals surface area contributed by atoms with Crippen LogP contribution in [0.2, 0.25) is 0 Å². The van der Waals surface area contributed by atoms with Gasteiger partial charge in [-0.3, -0.25) is 14.4 Å². The zero-order valence-corrected chi connectivity index (χ0v) is 26.4. The van der Waals surface area contributed by atoms with Gasteiger partial charge < -0.3 is 29.5 Å². The topological polar surface area (TPSA) is 91.4 Å². The lowest BCUT2D eigenvalue weighted by Gasteiger charge is -2.35. The Labute approximate surface area is 252 Å². The molecule has 4 rings (SSSR count). The van der Waals surface area contributed by atoms with Gasteiger partial charge >= 0.3 is 0 Å². The first-order valence-electron chi connectivity index (χ1n) is 16.0. The van der Waals surface area contributed by atoms with Crippen molar-refractivity contribution in [3.8, 4) is 5.75 Å². The molecule has 3 aliphatic rings. The van der Waals surface area contributed by atoms with Crippen LogP contribution in [0.4, 0.5) is 0 Å². The molecule has 42 heavy (non-hydrogen) atoms. The molecule has 0 aromatic heterocycles. The molecule has 0 radical (unpaired) electrons. The standard InChI is InChI=1S/C33H52N4O5/c1-23(2)36(33(40)27-8-7-24(3)31(18-27)42-16-6-15-41-5)21-28-19-34-20-29(28)22-37(30-9-10-30)32(39)17-26-11-13-35(14-12-26)25(4)38/h7-8,18,23,26,28-30,34H,6,9-17,19-22H2,1-5H3/t28-,29-/m0/s1. The van der Waals surface area contributed by atoms with Gasteiger partial charge in [0.05, 0.1) is 6.61 Å². The van der Waals surface area contributed by atoms with Crippen molar-refractivity contribution in [1.82, 2.24) is 20.0 Å². The molecule has 0 spiro atoms. The van der Waals surface area contributed by atoms with Gasteiger partial charge in [0.25, 0.3) is 5.91 Å². The van der Waals surface area contributed by atoms with E-state index in [4.69, 9.17) is 9.47 Å². The summed E-state index contributed by atoms with van der Waals surface area (Å²) in [5, 5.41) is 3.55. The third kappa shape index (κ3) is 8.69. The Morgan fingerprint density at radius 2 is 1.71 bits per heavy atom. The smallest absolute Gasteiger partial charge is 0.254 e. The summed E-state index contributed by atoms with van der Waals surface area (Å²) >= 11 is 0. The normalized spacial score (nSPS) is 21.0. The van der Waals surface area contributed by atoms with Crippen LogP contribution >= 0.6 is 0 Å². The molecule has 2 aliphatic heterocycles. The van der Waals surface area contributed by atoms with Gasteiger partial charge in [-0.05, 0) is 81.9 Å². The lowest BCUT2D eigenvalue weighted by molar-refractivity contribution is -0.134. The maximum Gasteiger partial charge on any atom is 0.254 e. The summed E-state index contributed by atoms with van der Waals surface area (Å²) in [6.07, 6.45) is 5.34. The number of aryl methyl sites for hydroxylation is 1. The number of piperidine rings is 1. The number of amides is 3. The van der Waals surface area contributed by atoms with Crippen LogP contribution in [0, 0.1) is 24.7 Å². The predicted octanol–water partition coefficient (Wildman–Crippen LogP) is 3.74. The fourth-order valence-corrected chi connectivity index (χ4v) is 6.34. The van der Waals surface area contributed by atoms with Gasteiger partial charge in [-0.15, -0.1) is 0 Å². The van der Waals surface area contributed by atoms with E-state index in [1.54, 1.807) is 14.0 Å². The van der Waals surface area contributed by atoms with Crippen LogP contribution in [0.3, 0.4) is 0 Å². The highest BCUT2D eigenvalue weighted by molar-refractivity contribution is 5.95. The molecule has 0 unspecified atom stereocenters. The first kappa shape index (κ1) is 32.3. The lowest BCUT2D eigenvalue weighted by Crippen LogP contribution is -2.45. The van der Waals surface area contributed by atoms with E-state index < -0.39 is 0 Å². The van der Waals surface area contributed by atoms with E-state index in [9.17, 15) is 14.4 Å². The fraction of sp³-hybridized carbons (Fsp3) is 0.727. The van der Waals surface area contributed by atoms with Crippen LogP contribution < -0.4 is 10.1 Å². The van der Waals surface area contributed by atoms with Crippen LogP contribution in [-0.2, 0) is 14.3 Å². The molecule has 1 saturated carbocycles. The monoisotopic (exact) mass is 584 g/mol. The zero-order valence-electron chi connectivity index (χ0n) is 26.4. The number of methoxy groups -OCH3 is 1. The molecule has 1 aromatic carbocycles. The lowest BCUT2D eigenvalue weighted by atomic mass is 9.91. The van der Waals surface area contributed by atoms with E-state index in [1.807, 2.05) is 34.9 Å². The second-order valence-corrected chi connectivity index (χ2v) is 12.8. The number of hydrogen-bond acceptors (Lipinski definition) is 6. The van der Waals surface area contributed by atoms with E-state index in [0.717, 1.165) is 76.1 Å². The largest absolute Gasteiger partial charge is 0.493 e. The van der Waals surface area contributed by atoms with Gasteiger partial charge in [-0.2, -0.15) is 0 Å². The molecule has 1 aliphatic carbocycles. The fourth-order valence-electron chi connectivity index (χ4n) is 6.34. The Hall–Kier alpha value is -2.65. The number of rotatable bonds is 14. The van der Waals surface area contributed by atoms with Crippen molar-refractivity contribution >= 4 is 17.7 Å². The summed E-state index contributed by atoms with van der Waals surface area (Å²) in [5.41, 5.74) is 1.65. The molecule has 3 fully saturated rings. The molecule has 2 heterocycles. The molecule has 9 nitrogen and oxygen atoms in total. The Balaban J connectivity index is 1.37. The van der Waals surface area contributed by atoms with Crippen molar-refractivity contribution in [2.24, 2.45) is 17.8 Å². The van der Waals surface area contributed by atoms with Crippen molar-refractivity contribution in [2.45, 2.75) is 78.3 Å². The molecule has 9 heteroatoms. The highest BCUT2D eigenvalue weighted by Gasteiger charge is 2.39. The molecular weight excluding hydrogens is 532 g/mol. The minimum absolute atomic E-state index is 0.0180. The van der Waals surface area contributed by atoms with Gasteiger partial charge in [-0.25, -0.2) is 0 Å². The molecular formula is C33H52N4O5. The van der Waals surface area contributed by atoms with E-state index >= 15 is 0 Å². The molecule has 3 amide bonds. The Bertz CT molecular complexity index is 1070. The quantitative estimate of drug-likeness (QED) is 0.335. The third-order valence-electron chi connectivity index (χ3n) is 9.24. The van der Waals surface area contributed by atoms with E-state index in [2.05, 4.69) is 24.1 Å². The average Bonchev–Trinajstić information content (AvgIpc) is 3.71. The first-order chi connectivity index (χ1) is 20.2. The van der Waals surface area contributed by atoms with Crippen LogP contribution in [-0.4, -0.2) is 104 Å². The number of carbonyl (C=O) groups excluding carboxylic acids is 3. The summed E-state index contributed by atoms with van der Waals surface area (Å²) in [5.74, 6) is 2.08.